The van der Waals surface area contributed by atoms with E-state index < -0.39 is 11.9 Å². The van der Waals surface area contributed by atoms with Crippen molar-refractivity contribution in [3.8, 4) is 5.75 Å². The molecule has 1 fully saturated rings. The Labute approximate surface area is 159 Å². The molecule has 1 amide bonds. The van der Waals surface area contributed by atoms with Crippen molar-refractivity contribution in [3.05, 3.63) is 64.7 Å². The lowest BCUT2D eigenvalue weighted by molar-refractivity contribution is -0.141. The van der Waals surface area contributed by atoms with Gasteiger partial charge in [-0.1, -0.05) is 35.9 Å². The monoisotopic (exact) mass is 367 g/mol. The number of likely N-dealkylation sites (tertiary alicyclic amines) is 1. The van der Waals surface area contributed by atoms with Crippen molar-refractivity contribution in [3.63, 3.8) is 0 Å². The number of hydrogen-bond donors (Lipinski definition) is 1. The van der Waals surface area contributed by atoms with Crippen molar-refractivity contribution >= 4 is 11.9 Å². The normalized spacial score (nSPS) is 19.1. The maximum atomic E-state index is 12.9. The number of aliphatic carboxylic acids is 1. The van der Waals surface area contributed by atoms with Gasteiger partial charge in [-0.15, -0.1) is 0 Å². The molecule has 5 heteroatoms. The molecular weight excluding hydrogens is 342 g/mol. The van der Waals surface area contributed by atoms with E-state index in [4.69, 9.17) is 4.74 Å². The summed E-state index contributed by atoms with van der Waals surface area (Å²) in [6, 6.07) is 13.5. The van der Waals surface area contributed by atoms with Gasteiger partial charge in [0.25, 0.3) is 0 Å². The number of carboxylic acid groups (broad SMARTS) is 1. The van der Waals surface area contributed by atoms with E-state index in [2.05, 4.69) is 0 Å². The highest BCUT2D eigenvalue weighted by molar-refractivity contribution is 5.81. The number of aryl methyl sites for hydroxylation is 2. The molecule has 0 radical (unpaired) electrons. The predicted octanol–water partition coefficient (Wildman–Crippen LogP) is 3.18. The van der Waals surface area contributed by atoms with Crippen LogP contribution in [0.15, 0.2) is 42.5 Å². The lowest BCUT2D eigenvalue weighted by atomic mass is 9.89. The molecular formula is C22H25NO4. The second-order valence-electron chi connectivity index (χ2n) is 7.23. The van der Waals surface area contributed by atoms with Crippen molar-refractivity contribution in [1.82, 2.24) is 4.90 Å². The Balaban J connectivity index is 1.80. The van der Waals surface area contributed by atoms with Crippen LogP contribution in [0.1, 0.15) is 28.2 Å². The molecule has 0 bridgehead atoms. The van der Waals surface area contributed by atoms with Crippen molar-refractivity contribution in [2.45, 2.75) is 26.2 Å². The summed E-state index contributed by atoms with van der Waals surface area (Å²) in [5.41, 5.74) is 4.08. The summed E-state index contributed by atoms with van der Waals surface area (Å²) in [4.78, 5) is 26.3. The van der Waals surface area contributed by atoms with Gasteiger partial charge in [0.15, 0.2) is 0 Å². The average Bonchev–Trinajstić information content (AvgIpc) is 3.11. The zero-order valence-corrected chi connectivity index (χ0v) is 15.9. The fourth-order valence-corrected chi connectivity index (χ4v) is 3.73. The zero-order valence-electron chi connectivity index (χ0n) is 15.9. The van der Waals surface area contributed by atoms with E-state index in [1.807, 2.05) is 56.3 Å². The summed E-state index contributed by atoms with van der Waals surface area (Å²) in [5.74, 6) is -1.05. The SMILES string of the molecule is COc1cccc([C@@H]2CN(C(=O)Cc3cc(C)ccc3C)C[C@H]2C(=O)O)c1. The zero-order chi connectivity index (χ0) is 19.6. The van der Waals surface area contributed by atoms with Gasteiger partial charge in [-0.25, -0.2) is 0 Å². The Kier molecular flexibility index (Phi) is 5.49. The third-order valence-corrected chi connectivity index (χ3v) is 5.36. The van der Waals surface area contributed by atoms with Crippen LogP contribution >= 0.6 is 0 Å². The Morgan fingerprint density at radius 1 is 1.15 bits per heavy atom. The van der Waals surface area contributed by atoms with E-state index in [9.17, 15) is 14.7 Å². The molecule has 2 atom stereocenters. The molecule has 1 heterocycles. The molecule has 0 unspecified atom stereocenters. The summed E-state index contributed by atoms with van der Waals surface area (Å²) >= 11 is 0. The molecule has 0 aliphatic carbocycles. The minimum atomic E-state index is -0.871. The number of amides is 1. The molecule has 3 rings (SSSR count). The highest BCUT2D eigenvalue weighted by Crippen LogP contribution is 2.34. The summed E-state index contributed by atoms with van der Waals surface area (Å²) < 4.78 is 5.26. The Morgan fingerprint density at radius 3 is 2.63 bits per heavy atom. The first-order chi connectivity index (χ1) is 12.9. The number of nitrogens with zero attached hydrogens (tertiary/aromatic N) is 1. The fraction of sp³-hybridized carbons (Fsp3) is 0.364. The molecule has 1 aliphatic heterocycles. The second-order valence-corrected chi connectivity index (χ2v) is 7.23. The fourth-order valence-electron chi connectivity index (χ4n) is 3.73. The van der Waals surface area contributed by atoms with Crippen LogP contribution in [0.2, 0.25) is 0 Å². The summed E-state index contributed by atoms with van der Waals surface area (Å²) in [7, 11) is 1.59. The second kappa shape index (κ2) is 7.82. The van der Waals surface area contributed by atoms with Gasteiger partial charge in [-0.2, -0.15) is 0 Å². The largest absolute Gasteiger partial charge is 0.497 e. The van der Waals surface area contributed by atoms with E-state index in [0.29, 0.717) is 18.7 Å². The van der Waals surface area contributed by atoms with Crippen molar-refractivity contribution in [2.75, 3.05) is 20.2 Å². The number of rotatable bonds is 5. The minimum absolute atomic E-state index is 0.0275. The number of benzene rings is 2. The van der Waals surface area contributed by atoms with Crippen LogP contribution in [0, 0.1) is 19.8 Å². The smallest absolute Gasteiger partial charge is 0.308 e. The van der Waals surface area contributed by atoms with Gasteiger partial charge in [0.05, 0.1) is 19.4 Å². The van der Waals surface area contributed by atoms with Gasteiger partial charge in [-0.3, -0.25) is 9.59 Å². The average molecular weight is 367 g/mol. The minimum Gasteiger partial charge on any atom is -0.497 e. The lowest BCUT2D eigenvalue weighted by Crippen LogP contribution is -2.31. The third kappa shape index (κ3) is 4.13. The lowest BCUT2D eigenvalue weighted by Gasteiger charge is -2.18. The van der Waals surface area contributed by atoms with E-state index in [1.165, 1.54) is 0 Å². The van der Waals surface area contributed by atoms with Crippen LogP contribution < -0.4 is 4.74 Å². The Hall–Kier alpha value is -2.82. The maximum absolute atomic E-state index is 12.9. The van der Waals surface area contributed by atoms with Gasteiger partial charge >= 0.3 is 5.97 Å². The number of ether oxygens (including phenoxy) is 1. The van der Waals surface area contributed by atoms with Crippen molar-refractivity contribution in [1.29, 1.82) is 0 Å². The van der Waals surface area contributed by atoms with Gasteiger partial charge in [0.2, 0.25) is 5.91 Å². The Morgan fingerprint density at radius 2 is 1.93 bits per heavy atom. The van der Waals surface area contributed by atoms with Crippen LogP contribution in [-0.4, -0.2) is 42.1 Å². The van der Waals surface area contributed by atoms with Gasteiger partial charge in [0, 0.05) is 19.0 Å². The molecule has 142 valence electrons. The molecule has 2 aromatic rings. The first kappa shape index (κ1) is 19.0. The Bertz CT molecular complexity index is 861. The topological polar surface area (TPSA) is 66.8 Å². The van der Waals surface area contributed by atoms with E-state index in [-0.39, 0.29) is 18.4 Å². The molecule has 0 saturated carbocycles. The first-order valence-electron chi connectivity index (χ1n) is 9.09. The van der Waals surface area contributed by atoms with E-state index in [0.717, 1.165) is 22.3 Å². The van der Waals surface area contributed by atoms with Crippen molar-refractivity contribution < 1.29 is 19.4 Å². The van der Waals surface area contributed by atoms with Crippen LogP contribution in [0.3, 0.4) is 0 Å². The highest BCUT2D eigenvalue weighted by Gasteiger charge is 2.40. The number of carbonyl (C=O) groups excluding carboxylic acids is 1. The molecule has 27 heavy (non-hydrogen) atoms. The van der Waals surface area contributed by atoms with E-state index >= 15 is 0 Å². The number of carbonyl (C=O) groups is 2. The molecule has 0 aromatic heterocycles. The maximum Gasteiger partial charge on any atom is 0.308 e. The van der Waals surface area contributed by atoms with Crippen LogP contribution in [0.25, 0.3) is 0 Å². The predicted molar refractivity (Wildman–Crippen MR) is 103 cm³/mol. The van der Waals surface area contributed by atoms with Gasteiger partial charge in [-0.05, 0) is 42.7 Å². The molecule has 1 aliphatic rings. The third-order valence-electron chi connectivity index (χ3n) is 5.36. The van der Waals surface area contributed by atoms with E-state index in [1.54, 1.807) is 12.0 Å². The highest BCUT2D eigenvalue weighted by atomic mass is 16.5. The van der Waals surface area contributed by atoms with Gasteiger partial charge in [0.1, 0.15) is 5.75 Å². The summed E-state index contributed by atoms with van der Waals surface area (Å²) in [6.45, 7) is 4.64. The molecule has 1 N–H and O–H groups in total. The van der Waals surface area contributed by atoms with Crippen LogP contribution in [0.5, 0.6) is 5.75 Å². The molecule has 1 saturated heterocycles. The van der Waals surface area contributed by atoms with Crippen LogP contribution in [-0.2, 0) is 16.0 Å². The number of methoxy groups -OCH3 is 1. The van der Waals surface area contributed by atoms with Crippen molar-refractivity contribution in [2.24, 2.45) is 5.92 Å². The number of carboxylic acids is 1. The quantitative estimate of drug-likeness (QED) is 0.881. The molecule has 5 nitrogen and oxygen atoms in total. The molecule has 2 aromatic carbocycles. The standard InChI is InChI=1S/C22H25NO4/c1-14-7-8-15(2)17(9-14)11-21(24)23-12-19(20(13-23)22(25)26)16-5-4-6-18(10-16)27-3/h4-10,19-20H,11-13H2,1-3H3,(H,25,26)/t19-,20+/m0/s1. The number of hydrogen-bond acceptors (Lipinski definition) is 3. The summed E-state index contributed by atoms with van der Waals surface area (Å²) in [6.07, 6.45) is 0.296. The first-order valence-corrected chi connectivity index (χ1v) is 9.09. The van der Waals surface area contributed by atoms with Crippen LogP contribution in [0.4, 0.5) is 0 Å². The molecule has 0 spiro atoms. The van der Waals surface area contributed by atoms with Gasteiger partial charge < -0.3 is 14.7 Å². The summed E-state index contributed by atoms with van der Waals surface area (Å²) in [5, 5.41) is 9.67.